The zero-order valence-corrected chi connectivity index (χ0v) is 18.2. The Bertz CT molecular complexity index is 1430. The average molecular weight is 435 g/mol. The predicted octanol–water partition coefficient (Wildman–Crippen LogP) is 2.32. The maximum atomic E-state index is 13.3. The van der Waals surface area contributed by atoms with E-state index in [9.17, 15) is 14.4 Å². The van der Waals surface area contributed by atoms with E-state index < -0.39 is 23.8 Å². The van der Waals surface area contributed by atoms with Gasteiger partial charge in [-0.25, -0.2) is 9.36 Å². The van der Waals surface area contributed by atoms with Gasteiger partial charge in [-0.15, -0.1) is 0 Å². The van der Waals surface area contributed by atoms with E-state index in [1.807, 2.05) is 43.5 Å². The third-order valence-corrected chi connectivity index (χ3v) is 6.29. The summed E-state index contributed by atoms with van der Waals surface area (Å²) in [6.07, 6.45) is 6.37. The second-order valence-corrected chi connectivity index (χ2v) is 8.41. The fourth-order valence-electron chi connectivity index (χ4n) is 4.69. The van der Waals surface area contributed by atoms with Crippen molar-refractivity contribution in [1.82, 2.24) is 23.1 Å². The van der Waals surface area contributed by atoms with E-state index in [2.05, 4.69) is 9.55 Å². The Labute approximate surface area is 183 Å². The molecule has 0 N–H and O–H groups in total. The quantitative estimate of drug-likeness (QED) is 0.449. The van der Waals surface area contributed by atoms with Crippen molar-refractivity contribution in [2.75, 3.05) is 0 Å². The topological polar surface area (TPSA) is 92.5 Å². The van der Waals surface area contributed by atoms with Crippen LogP contribution in [0, 0.1) is 6.92 Å². The van der Waals surface area contributed by atoms with E-state index in [1.54, 1.807) is 11.4 Å². The second kappa shape index (κ2) is 7.81. The van der Waals surface area contributed by atoms with Gasteiger partial charge in [0, 0.05) is 25.0 Å². The normalized spacial score (nSPS) is 14.6. The first-order valence-electron chi connectivity index (χ1n) is 10.8. The van der Waals surface area contributed by atoms with Crippen LogP contribution in [-0.4, -0.2) is 29.1 Å². The molecule has 0 atom stereocenters. The number of benzene rings is 1. The number of carbonyl (C=O) groups is 1. The van der Waals surface area contributed by atoms with Crippen LogP contribution in [0.1, 0.15) is 43.0 Å². The maximum Gasteiger partial charge on any atom is 0.333 e. The van der Waals surface area contributed by atoms with Crippen molar-refractivity contribution < 1.29 is 9.53 Å². The third kappa shape index (κ3) is 3.24. The lowest BCUT2D eigenvalue weighted by Crippen LogP contribution is -2.41. The lowest BCUT2D eigenvalue weighted by atomic mass is 10.2. The van der Waals surface area contributed by atoms with Gasteiger partial charge in [0.1, 0.15) is 13.2 Å². The van der Waals surface area contributed by atoms with Gasteiger partial charge in [0.2, 0.25) is 5.78 Å². The van der Waals surface area contributed by atoms with Crippen molar-refractivity contribution in [2.45, 2.75) is 51.8 Å². The molecule has 1 aliphatic carbocycles. The molecule has 0 unspecified atom stereocenters. The van der Waals surface area contributed by atoms with Gasteiger partial charge in [-0.05, 0) is 25.3 Å². The molecular weight excluding hydrogens is 410 g/mol. The van der Waals surface area contributed by atoms with E-state index in [1.165, 1.54) is 17.4 Å². The fraction of sp³-hybridized carbons (Fsp3) is 0.391. The Balaban J connectivity index is 1.54. The molecule has 1 saturated carbocycles. The zero-order valence-electron chi connectivity index (χ0n) is 18.2. The highest BCUT2D eigenvalue weighted by atomic mass is 16.5. The Kier molecular flexibility index (Phi) is 4.96. The summed E-state index contributed by atoms with van der Waals surface area (Å²) in [5.41, 5.74) is 1.31. The van der Waals surface area contributed by atoms with Gasteiger partial charge in [-0.1, -0.05) is 43.2 Å². The molecule has 9 nitrogen and oxygen atoms in total. The smallest absolute Gasteiger partial charge is 0.333 e. The maximum absolute atomic E-state index is 13.3. The molecule has 3 heterocycles. The van der Waals surface area contributed by atoms with Crippen LogP contribution >= 0.6 is 0 Å². The van der Waals surface area contributed by atoms with Crippen LogP contribution in [0.3, 0.4) is 0 Å². The molecule has 0 spiro atoms. The Morgan fingerprint density at radius 2 is 1.88 bits per heavy atom. The minimum Gasteiger partial charge on any atom is -0.459 e. The lowest BCUT2D eigenvalue weighted by Gasteiger charge is -2.13. The van der Waals surface area contributed by atoms with Crippen LogP contribution in [-0.2, 0) is 29.7 Å². The summed E-state index contributed by atoms with van der Waals surface area (Å²) in [5, 5.41) is 0. The summed E-state index contributed by atoms with van der Waals surface area (Å²) in [6, 6.07) is 9.59. The number of esters is 1. The summed E-state index contributed by atoms with van der Waals surface area (Å²) in [5.74, 6) is 0.00812. The van der Waals surface area contributed by atoms with Crippen molar-refractivity contribution in [3.8, 4) is 0 Å². The summed E-state index contributed by atoms with van der Waals surface area (Å²) < 4.78 is 11.4. The molecule has 0 amide bonds. The van der Waals surface area contributed by atoms with Gasteiger partial charge in [0.25, 0.3) is 5.56 Å². The number of imidazole rings is 2. The lowest BCUT2D eigenvalue weighted by molar-refractivity contribution is -0.145. The fourth-order valence-corrected chi connectivity index (χ4v) is 4.69. The highest BCUT2D eigenvalue weighted by Gasteiger charge is 2.25. The average Bonchev–Trinajstić information content (AvgIpc) is 3.50. The van der Waals surface area contributed by atoms with Gasteiger partial charge in [-0.2, -0.15) is 4.98 Å². The zero-order chi connectivity index (χ0) is 22.4. The summed E-state index contributed by atoms with van der Waals surface area (Å²) >= 11 is 0. The number of nitrogens with zero attached hydrogens (tertiary/aromatic N) is 5. The Hall–Kier alpha value is -3.62. The number of hydrogen-bond acceptors (Lipinski definition) is 5. The first-order valence-corrected chi connectivity index (χ1v) is 10.8. The van der Waals surface area contributed by atoms with E-state index in [0.717, 1.165) is 28.7 Å². The standard InChI is InChI=1S/C23H25N5O4/c1-15-12-26-19-20(24-22(26)28(15)17-10-6-7-11-17)25(2)23(31)27(21(19)30)13-18(29)32-14-16-8-4-3-5-9-16/h3-5,8-9,12,17H,6-7,10-11,13-14H2,1-2H3. The molecule has 1 fully saturated rings. The molecule has 3 aromatic heterocycles. The largest absolute Gasteiger partial charge is 0.459 e. The molecule has 0 aliphatic heterocycles. The number of hydrogen-bond donors (Lipinski definition) is 0. The van der Waals surface area contributed by atoms with Crippen LogP contribution < -0.4 is 11.2 Å². The molecule has 0 saturated heterocycles. The molecule has 4 aromatic rings. The summed E-state index contributed by atoms with van der Waals surface area (Å²) in [7, 11) is 1.56. The van der Waals surface area contributed by atoms with Crippen molar-refractivity contribution in [3.05, 3.63) is 68.6 Å². The minimum absolute atomic E-state index is 0.0807. The van der Waals surface area contributed by atoms with Crippen LogP contribution in [0.2, 0.25) is 0 Å². The highest BCUT2D eigenvalue weighted by molar-refractivity contribution is 5.76. The van der Waals surface area contributed by atoms with E-state index in [0.29, 0.717) is 17.5 Å². The van der Waals surface area contributed by atoms with Crippen molar-refractivity contribution in [2.24, 2.45) is 7.05 Å². The SMILES string of the molecule is Cc1cn2c3c(=O)n(CC(=O)OCc4ccccc4)c(=O)n(C)c3nc2n1C1CCCC1. The molecule has 1 aromatic carbocycles. The highest BCUT2D eigenvalue weighted by Crippen LogP contribution is 2.33. The summed E-state index contributed by atoms with van der Waals surface area (Å²) in [4.78, 5) is 43.3. The molecule has 5 rings (SSSR count). The number of rotatable bonds is 5. The van der Waals surface area contributed by atoms with E-state index in [4.69, 9.17) is 4.74 Å². The third-order valence-electron chi connectivity index (χ3n) is 6.29. The number of ether oxygens (including phenoxy) is 1. The molecule has 0 bridgehead atoms. The molecule has 0 radical (unpaired) electrons. The molecular formula is C23H25N5O4. The first-order chi connectivity index (χ1) is 15.5. The van der Waals surface area contributed by atoms with Gasteiger partial charge in [0.15, 0.2) is 11.2 Å². The number of aryl methyl sites for hydroxylation is 2. The molecule has 32 heavy (non-hydrogen) atoms. The van der Waals surface area contributed by atoms with Gasteiger partial charge < -0.3 is 9.30 Å². The summed E-state index contributed by atoms with van der Waals surface area (Å²) in [6.45, 7) is 1.63. The van der Waals surface area contributed by atoms with Gasteiger partial charge >= 0.3 is 11.7 Å². The van der Waals surface area contributed by atoms with Gasteiger partial charge in [-0.3, -0.25) is 18.6 Å². The monoisotopic (exact) mass is 435 g/mol. The molecule has 9 heteroatoms. The van der Waals surface area contributed by atoms with Crippen LogP contribution in [0.25, 0.3) is 16.9 Å². The second-order valence-electron chi connectivity index (χ2n) is 8.41. The van der Waals surface area contributed by atoms with Crippen molar-refractivity contribution >= 4 is 22.9 Å². The van der Waals surface area contributed by atoms with E-state index >= 15 is 0 Å². The molecule has 1 aliphatic rings. The van der Waals surface area contributed by atoms with Crippen molar-refractivity contribution in [3.63, 3.8) is 0 Å². The number of fused-ring (bicyclic) bond motifs is 3. The first kappa shape index (κ1) is 20.3. The Morgan fingerprint density at radius 1 is 1.16 bits per heavy atom. The minimum atomic E-state index is -0.645. The predicted molar refractivity (Wildman–Crippen MR) is 119 cm³/mol. The number of aromatic nitrogens is 5. The van der Waals surface area contributed by atoms with Crippen LogP contribution in [0.15, 0.2) is 46.1 Å². The van der Waals surface area contributed by atoms with Crippen LogP contribution in [0.5, 0.6) is 0 Å². The van der Waals surface area contributed by atoms with Gasteiger partial charge in [0.05, 0.1) is 0 Å². The molecule has 166 valence electrons. The van der Waals surface area contributed by atoms with E-state index in [-0.39, 0.29) is 12.1 Å². The van der Waals surface area contributed by atoms with Crippen LogP contribution in [0.4, 0.5) is 0 Å². The van der Waals surface area contributed by atoms with Crippen molar-refractivity contribution in [1.29, 1.82) is 0 Å². The Morgan fingerprint density at radius 3 is 2.59 bits per heavy atom. The number of carbonyl (C=O) groups excluding carboxylic acids is 1.